The van der Waals surface area contributed by atoms with Crippen molar-refractivity contribution >= 4 is 40.3 Å². The molecule has 1 N–H and O–H groups in total. The van der Waals surface area contributed by atoms with Crippen LogP contribution in [0.5, 0.6) is 11.5 Å². The number of nitrogens with one attached hydrogen (secondary N) is 1. The Labute approximate surface area is 254 Å². The lowest BCUT2D eigenvalue weighted by atomic mass is 10.1. The zero-order chi connectivity index (χ0) is 31.4. The molecule has 0 fully saturated rings. The van der Waals surface area contributed by atoms with Crippen LogP contribution >= 0.6 is 11.6 Å². The van der Waals surface area contributed by atoms with Crippen LogP contribution in [0.25, 0.3) is 22.3 Å². The Kier molecular flexibility index (Phi) is 8.68. The predicted octanol–water partition coefficient (Wildman–Crippen LogP) is 6.95. The van der Waals surface area contributed by atoms with Gasteiger partial charge in [0, 0.05) is 11.3 Å². The van der Waals surface area contributed by atoms with E-state index in [1.807, 2.05) is 19.1 Å². The molecule has 0 atom stereocenters. The summed E-state index contributed by atoms with van der Waals surface area (Å²) in [4.78, 5) is 30.4. The lowest BCUT2D eigenvalue weighted by molar-refractivity contribution is -0.137. The quantitative estimate of drug-likeness (QED) is 0.189. The van der Waals surface area contributed by atoms with E-state index in [-0.39, 0.29) is 39.9 Å². The van der Waals surface area contributed by atoms with Gasteiger partial charge in [0.25, 0.3) is 11.5 Å². The van der Waals surface area contributed by atoms with Crippen LogP contribution in [0.1, 0.15) is 16.7 Å². The fourth-order valence-electron chi connectivity index (χ4n) is 4.37. The number of amides is 1. The Morgan fingerprint density at radius 1 is 1.05 bits per heavy atom. The Morgan fingerprint density at radius 2 is 1.80 bits per heavy atom. The van der Waals surface area contributed by atoms with Gasteiger partial charge in [0.15, 0.2) is 23.9 Å². The van der Waals surface area contributed by atoms with E-state index in [0.717, 1.165) is 22.4 Å². The van der Waals surface area contributed by atoms with Gasteiger partial charge in [-0.2, -0.15) is 22.9 Å². The first kappa shape index (κ1) is 30.3. The van der Waals surface area contributed by atoms with Crippen molar-refractivity contribution in [2.75, 3.05) is 19.0 Å². The smallest absolute Gasteiger partial charge is 0.416 e. The summed E-state index contributed by atoms with van der Waals surface area (Å²) in [6.07, 6.45) is -3.31. The molecule has 0 saturated carbocycles. The molecule has 5 rings (SSSR count). The maximum atomic E-state index is 13.5. The minimum Gasteiger partial charge on any atom is -0.493 e. The molecule has 224 valence electrons. The summed E-state index contributed by atoms with van der Waals surface area (Å²) in [7, 11) is 1.39. The maximum absolute atomic E-state index is 13.5. The number of ether oxygens (including phenoxy) is 2. The van der Waals surface area contributed by atoms with E-state index in [0.29, 0.717) is 16.8 Å². The number of aryl methyl sites for hydroxylation is 1. The van der Waals surface area contributed by atoms with E-state index in [1.54, 1.807) is 36.4 Å². The number of para-hydroxylation sites is 2. The summed E-state index contributed by atoms with van der Waals surface area (Å²) < 4.78 is 52.4. The SMILES string of the molecule is COc1cc(C=Nn2c(-c3cccc(C(F)(F)F)c3)nc3ccccc3c2=O)cc(Cl)c1OCC(=O)Nc1ccccc1C. The highest BCUT2D eigenvalue weighted by molar-refractivity contribution is 6.32. The van der Waals surface area contributed by atoms with E-state index in [9.17, 15) is 22.8 Å². The first-order valence-electron chi connectivity index (χ1n) is 13.1. The number of halogens is 4. The van der Waals surface area contributed by atoms with Crippen LogP contribution in [0.4, 0.5) is 18.9 Å². The fraction of sp³-hybridized carbons (Fsp3) is 0.125. The summed E-state index contributed by atoms with van der Waals surface area (Å²) >= 11 is 6.47. The van der Waals surface area contributed by atoms with Crippen LogP contribution in [0, 0.1) is 6.92 Å². The van der Waals surface area contributed by atoms with Gasteiger partial charge in [0.05, 0.1) is 34.8 Å². The Bertz CT molecular complexity index is 1960. The van der Waals surface area contributed by atoms with E-state index >= 15 is 0 Å². The number of fused-ring (bicyclic) bond motifs is 1. The lowest BCUT2D eigenvalue weighted by Crippen LogP contribution is -2.21. The second-order valence-corrected chi connectivity index (χ2v) is 9.99. The van der Waals surface area contributed by atoms with Crippen LogP contribution in [0.15, 0.2) is 94.8 Å². The van der Waals surface area contributed by atoms with Crippen LogP contribution in [0.2, 0.25) is 5.02 Å². The van der Waals surface area contributed by atoms with Crippen molar-refractivity contribution in [1.82, 2.24) is 9.66 Å². The van der Waals surface area contributed by atoms with E-state index in [2.05, 4.69) is 15.4 Å². The third kappa shape index (κ3) is 6.57. The zero-order valence-electron chi connectivity index (χ0n) is 23.4. The van der Waals surface area contributed by atoms with Crippen molar-refractivity contribution in [2.45, 2.75) is 13.1 Å². The van der Waals surface area contributed by atoms with Gasteiger partial charge in [-0.15, -0.1) is 0 Å². The number of benzene rings is 4. The monoisotopic (exact) mass is 620 g/mol. The molecule has 4 aromatic carbocycles. The van der Waals surface area contributed by atoms with Crippen molar-refractivity contribution in [3.63, 3.8) is 0 Å². The number of methoxy groups -OCH3 is 1. The summed E-state index contributed by atoms with van der Waals surface area (Å²) in [5.74, 6) is -0.202. The number of hydrogen-bond donors (Lipinski definition) is 1. The van der Waals surface area contributed by atoms with Gasteiger partial charge in [-0.25, -0.2) is 4.98 Å². The van der Waals surface area contributed by atoms with Crippen molar-refractivity contribution in [3.8, 4) is 22.9 Å². The summed E-state index contributed by atoms with van der Waals surface area (Å²) in [5, 5.41) is 7.37. The molecule has 0 saturated heterocycles. The number of aromatic nitrogens is 2. The molecule has 8 nitrogen and oxygen atoms in total. The van der Waals surface area contributed by atoms with Gasteiger partial charge in [-0.3, -0.25) is 9.59 Å². The molecule has 44 heavy (non-hydrogen) atoms. The van der Waals surface area contributed by atoms with Gasteiger partial charge < -0.3 is 14.8 Å². The average Bonchev–Trinajstić information content (AvgIpc) is 3.00. The van der Waals surface area contributed by atoms with Crippen LogP contribution in [-0.2, 0) is 11.0 Å². The molecule has 1 aromatic heterocycles. The van der Waals surface area contributed by atoms with Crippen LogP contribution in [-0.4, -0.2) is 35.5 Å². The number of anilines is 1. The maximum Gasteiger partial charge on any atom is 0.416 e. The predicted molar refractivity (Wildman–Crippen MR) is 163 cm³/mol. The summed E-state index contributed by atoms with van der Waals surface area (Å²) in [5.41, 5.74) is 0.770. The Hall–Kier alpha value is -5.16. The Morgan fingerprint density at radius 3 is 2.55 bits per heavy atom. The Balaban J connectivity index is 1.47. The molecule has 1 amide bonds. The van der Waals surface area contributed by atoms with Gasteiger partial charge in [-0.05, 0) is 60.5 Å². The number of alkyl halides is 3. The molecule has 0 radical (unpaired) electrons. The molecule has 0 aliphatic carbocycles. The van der Waals surface area contributed by atoms with E-state index in [1.165, 1.54) is 37.6 Å². The zero-order valence-corrected chi connectivity index (χ0v) is 24.1. The molecule has 0 spiro atoms. The second-order valence-electron chi connectivity index (χ2n) is 9.58. The van der Waals surface area contributed by atoms with Crippen molar-refractivity contribution in [2.24, 2.45) is 5.10 Å². The van der Waals surface area contributed by atoms with Crippen molar-refractivity contribution in [1.29, 1.82) is 0 Å². The third-order valence-electron chi connectivity index (χ3n) is 6.54. The minimum atomic E-state index is -4.60. The molecule has 0 aliphatic heterocycles. The van der Waals surface area contributed by atoms with Crippen molar-refractivity contribution in [3.05, 3.63) is 117 Å². The molecule has 0 bridgehead atoms. The highest BCUT2D eigenvalue weighted by Crippen LogP contribution is 2.36. The van der Waals surface area contributed by atoms with Gasteiger partial charge in [0.1, 0.15) is 0 Å². The molecule has 0 aliphatic rings. The van der Waals surface area contributed by atoms with E-state index in [4.69, 9.17) is 21.1 Å². The highest BCUT2D eigenvalue weighted by Gasteiger charge is 2.31. The fourth-order valence-corrected chi connectivity index (χ4v) is 4.64. The van der Waals surface area contributed by atoms with Crippen LogP contribution < -0.4 is 20.3 Å². The molecular formula is C32H24ClF3N4O4. The number of hydrogen-bond acceptors (Lipinski definition) is 6. The van der Waals surface area contributed by atoms with Gasteiger partial charge in [0.2, 0.25) is 0 Å². The number of nitrogens with zero attached hydrogens (tertiary/aromatic N) is 3. The number of rotatable bonds is 8. The molecule has 1 heterocycles. The normalized spacial score (nSPS) is 11.6. The molecule has 0 unspecified atom stereocenters. The first-order chi connectivity index (χ1) is 21.0. The third-order valence-corrected chi connectivity index (χ3v) is 6.82. The van der Waals surface area contributed by atoms with Crippen LogP contribution in [0.3, 0.4) is 0 Å². The average molecular weight is 621 g/mol. The molecular weight excluding hydrogens is 597 g/mol. The lowest BCUT2D eigenvalue weighted by Gasteiger charge is -2.14. The number of carbonyl (C=O) groups excluding carboxylic acids is 1. The van der Waals surface area contributed by atoms with Crippen molar-refractivity contribution < 1.29 is 27.4 Å². The van der Waals surface area contributed by atoms with Gasteiger partial charge in [-0.1, -0.05) is 54.1 Å². The van der Waals surface area contributed by atoms with Gasteiger partial charge >= 0.3 is 6.18 Å². The molecule has 5 aromatic rings. The topological polar surface area (TPSA) is 94.8 Å². The summed E-state index contributed by atoms with van der Waals surface area (Å²) in [6.45, 7) is 1.51. The minimum absolute atomic E-state index is 0.0446. The highest BCUT2D eigenvalue weighted by atomic mass is 35.5. The van der Waals surface area contributed by atoms with E-state index < -0.39 is 23.2 Å². The molecule has 12 heteroatoms. The second kappa shape index (κ2) is 12.6. The number of carbonyl (C=O) groups is 1. The standard InChI is InChI=1S/C32H24ClF3N4O4/c1-19-8-3-5-12-25(19)38-28(41)18-44-29-24(33)14-20(15-27(29)43-2)17-37-40-30(21-9-7-10-22(16-21)32(34,35)36)39-26-13-6-4-11-23(26)31(40)42/h3-17H,18H2,1-2H3,(H,38,41). The summed E-state index contributed by atoms with van der Waals surface area (Å²) in [6, 6.07) is 21.2. The largest absolute Gasteiger partial charge is 0.493 e. The first-order valence-corrected chi connectivity index (χ1v) is 13.5.